The quantitative estimate of drug-likeness (QED) is 0.584. The molecule has 0 aromatic heterocycles. The Morgan fingerprint density at radius 3 is 2.65 bits per heavy atom. The van der Waals surface area contributed by atoms with Crippen LogP contribution in [0, 0.1) is 11.8 Å². The van der Waals surface area contributed by atoms with Crippen LogP contribution < -0.4 is 11.3 Å². The maximum Gasteiger partial charge on any atom is 0.391 e. The molecule has 1 saturated carbocycles. The lowest BCUT2D eigenvalue weighted by atomic mass is 9.78. The smallest absolute Gasteiger partial charge is 0.380 e. The first-order valence-corrected chi connectivity index (χ1v) is 6.09. The molecule has 3 atom stereocenters. The van der Waals surface area contributed by atoms with Crippen molar-refractivity contribution < 1.29 is 17.9 Å². The molecule has 3 unspecified atom stereocenters. The van der Waals surface area contributed by atoms with Crippen LogP contribution in [0.15, 0.2) is 0 Å². The molecule has 0 radical (unpaired) electrons. The summed E-state index contributed by atoms with van der Waals surface area (Å²) < 4.78 is 43.2. The van der Waals surface area contributed by atoms with Gasteiger partial charge in [0, 0.05) is 12.6 Å². The van der Waals surface area contributed by atoms with Crippen LogP contribution in [0.3, 0.4) is 0 Å². The Bertz CT molecular complexity index is 223. The highest BCUT2D eigenvalue weighted by atomic mass is 19.4. The van der Waals surface area contributed by atoms with Crippen LogP contribution in [0.1, 0.15) is 32.6 Å². The van der Waals surface area contributed by atoms with Gasteiger partial charge >= 0.3 is 6.18 Å². The normalized spacial score (nSPS) is 28.1. The van der Waals surface area contributed by atoms with Gasteiger partial charge in [0.1, 0.15) is 0 Å². The molecule has 3 nitrogen and oxygen atoms in total. The van der Waals surface area contributed by atoms with Crippen molar-refractivity contribution in [3.63, 3.8) is 0 Å². The minimum atomic E-state index is -4.08. The van der Waals surface area contributed by atoms with Crippen LogP contribution in [-0.2, 0) is 4.74 Å². The summed E-state index contributed by atoms with van der Waals surface area (Å²) in [4.78, 5) is 0. The maximum absolute atomic E-state index is 12.7. The lowest BCUT2D eigenvalue weighted by Gasteiger charge is -2.34. The minimum Gasteiger partial charge on any atom is -0.380 e. The Labute approximate surface area is 99.9 Å². The molecule has 0 aliphatic heterocycles. The van der Waals surface area contributed by atoms with Crippen molar-refractivity contribution in [1.29, 1.82) is 0 Å². The van der Waals surface area contributed by atoms with Crippen molar-refractivity contribution in [2.75, 3.05) is 13.2 Å². The van der Waals surface area contributed by atoms with E-state index >= 15 is 0 Å². The molecular weight excluding hydrogens is 233 g/mol. The molecule has 0 saturated heterocycles. The van der Waals surface area contributed by atoms with E-state index in [0.29, 0.717) is 19.6 Å². The summed E-state index contributed by atoms with van der Waals surface area (Å²) in [6.45, 7) is 2.78. The Morgan fingerprint density at radius 2 is 2.12 bits per heavy atom. The van der Waals surface area contributed by atoms with Crippen molar-refractivity contribution in [3.8, 4) is 0 Å². The number of nitrogens with two attached hydrogens (primary N) is 1. The van der Waals surface area contributed by atoms with Gasteiger partial charge in [-0.05, 0) is 32.1 Å². The first-order valence-electron chi connectivity index (χ1n) is 6.09. The SMILES string of the molecule is CCOCC(NN)C1CCCC(C(F)(F)F)C1. The van der Waals surface area contributed by atoms with Crippen molar-refractivity contribution in [2.24, 2.45) is 17.7 Å². The molecule has 1 aliphatic rings. The Hall–Kier alpha value is -0.330. The predicted octanol–water partition coefficient (Wildman–Crippen LogP) is 2.22. The molecule has 0 aromatic rings. The second kappa shape index (κ2) is 6.56. The van der Waals surface area contributed by atoms with E-state index in [9.17, 15) is 13.2 Å². The van der Waals surface area contributed by atoms with E-state index in [1.54, 1.807) is 0 Å². The monoisotopic (exact) mass is 254 g/mol. The molecule has 17 heavy (non-hydrogen) atoms. The number of halogens is 3. The van der Waals surface area contributed by atoms with Crippen LogP contribution in [0.4, 0.5) is 13.2 Å². The van der Waals surface area contributed by atoms with Gasteiger partial charge in [-0.25, -0.2) is 0 Å². The van der Waals surface area contributed by atoms with Crippen LogP contribution in [0.2, 0.25) is 0 Å². The topological polar surface area (TPSA) is 47.3 Å². The molecule has 0 bridgehead atoms. The van der Waals surface area contributed by atoms with E-state index in [-0.39, 0.29) is 24.8 Å². The zero-order chi connectivity index (χ0) is 12.9. The Balaban J connectivity index is 2.52. The molecule has 0 aromatic carbocycles. The van der Waals surface area contributed by atoms with Crippen LogP contribution >= 0.6 is 0 Å². The summed E-state index contributed by atoms with van der Waals surface area (Å²) in [6, 6.07) is -0.180. The third-order valence-electron chi connectivity index (χ3n) is 3.46. The van der Waals surface area contributed by atoms with Gasteiger partial charge in [-0.3, -0.25) is 11.3 Å². The highest BCUT2D eigenvalue weighted by molar-refractivity contribution is 4.84. The average molecular weight is 254 g/mol. The summed E-state index contributed by atoms with van der Waals surface area (Å²) in [7, 11) is 0. The number of alkyl halides is 3. The lowest BCUT2D eigenvalue weighted by molar-refractivity contribution is -0.187. The molecule has 6 heteroatoms. The third kappa shape index (κ3) is 4.44. The number of hydrazine groups is 1. The highest BCUT2D eigenvalue weighted by Gasteiger charge is 2.43. The van der Waals surface area contributed by atoms with Gasteiger partial charge < -0.3 is 4.74 Å². The average Bonchev–Trinajstić information content (AvgIpc) is 2.29. The van der Waals surface area contributed by atoms with E-state index in [0.717, 1.165) is 6.42 Å². The van der Waals surface area contributed by atoms with Crippen molar-refractivity contribution >= 4 is 0 Å². The number of nitrogens with one attached hydrogen (secondary N) is 1. The summed E-state index contributed by atoms with van der Waals surface area (Å²) in [6.07, 6.45) is -2.28. The Kier molecular flexibility index (Phi) is 5.69. The summed E-state index contributed by atoms with van der Waals surface area (Å²) >= 11 is 0. The zero-order valence-corrected chi connectivity index (χ0v) is 10.1. The molecule has 3 N–H and O–H groups in total. The fourth-order valence-corrected chi connectivity index (χ4v) is 2.46. The highest BCUT2D eigenvalue weighted by Crippen LogP contribution is 2.40. The fourth-order valence-electron chi connectivity index (χ4n) is 2.46. The number of hydrogen-bond donors (Lipinski definition) is 2. The van der Waals surface area contributed by atoms with Crippen molar-refractivity contribution in [3.05, 3.63) is 0 Å². The third-order valence-corrected chi connectivity index (χ3v) is 3.46. The maximum atomic E-state index is 12.7. The van der Waals surface area contributed by atoms with Gasteiger partial charge in [0.15, 0.2) is 0 Å². The van der Waals surface area contributed by atoms with E-state index in [2.05, 4.69) is 5.43 Å². The largest absolute Gasteiger partial charge is 0.391 e. The molecule has 1 rings (SSSR count). The molecular formula is C11H21F3N2O. The second-order valence-electron chi connectivity index (χ2n) is 4.60. The number of hydrogen-bond acceptors (Lipinski definition) is 3. The second-order valence-corrected chi connectivity index (χ2v) is 4.60. The lowest BCUT2D eigenvalue weighted by Crippen LogP contribution is -2.46. The minimum absolute atomic E-state index is 0.0491. The fraction of sp³-hybridized carbons (Fsp3) is 1.00. The van der Waals surface area contributed by atoms with E-state index in [1.165, 1.54) is 0 Å². The molecule has 1 aliphatic carbocycles. The van der Waals surface area contributed by atoms with Crippen LogP contribution in [0.5, 0.6) is 0 Å². The molecule has 1 fully saturated rings. The van der Waals surface area contributed by atoms with Crippen LogP contribution in [-0.4, -0.2) is 25.4 Å². The number of rotatable bonds is 5. The predicted molar refractivity (Wildman–Crippen MR) is 59.1 cm³/mol. The number of ether oxygens (including phenoxy) is 1. The van der Waals surface area contributed by atoms with Gasteiger partial charge in [0.2, 0.25) is 0 Å². The van der Waals surface area contributed by atoms with Gasteiger partial charge in [0.05, 0.1) is 12.5 Å². The van der Waals surface area contributed by atoms with Gasteiger partial charge in [0.25, 0.3) is 0 Å². The molecule has 0 amide bonds. The van der Waals surface area contributed by atoms with Crippen molar-refractivity contribution in [1.82, 2.24) is 5.43 Å². The summed E-state index contributed by atoms with van der Waals surface area (Å²) in [5, 5.41) is 0. The standard InChI is InChI=1S/C11H21F3N2O/c1-2-17-7-10(16-15)8-4-3-5-9(6-8)11(12,13)14/h8-10,16H,2-7,15H2,1H3. The van der Waals surface area contributed by atoms with Gasteiger partial charge in [-0.2, -0.15) is 13.2 Å². The van der Waals surface area contributed by atoms with Gasteiger partial charge in [-0.1, -0.05) is 6.42 Å². The Morgan fingerprint density at radius 1 is 1.41 bits per heavy atom. The molecule has 102 valence electrons. The first-order chi connectivity index (χ1) is 7.99. The molecule has 0 heterocycles. The first kappa shape index (κ1) is 14.7. The summed E-state index contributed by atoms with van der Waals surface area (Å²) in [5.74, 6) is 4.16. The van der Waals surface area contributed by atoms with Crippen molar-refractivity contribution in [2.45, 2.75) is 44.8 Å². The zero-order valence-electron chi connectivity index (χ0n) is 10.1. The summed E-state index contributed by atoms with van der Waals surface area (Å²) in [5.41, 5.74) is 2.59. The van der Waals surface area contributed by atoms with Gasteiger partial charge in [-0.15, -0.1) is 0 Å². The van der Waals surface area contributed by atoms with E-state index in [1.807, 2.05) is 6.92 Å². The van der Waals surface area contributed by atoms with E-state index < -0.39 is 12.1 Å². The van der Waals surface area contributed by atoms with Crippen LogP contribution in [0.25, 0.3) is 0 Å². The molecule has 0 spiro atoms. The van der Waals surface area contributed by atoms with E-state index in [4.69, 9.17) is 10.6 Å².